The lowest BCUT2D eigenvalue weighted by atomic mass is 9.80. The van der Waals surface area contributed by atoms with Gasteiger partial charge in [0.25, 0.3) is 0 Å². The molecule has 0 amide bonds. The highest BCUT2D eigenvalue weighted by atomic mass is 16.5. The van der Waals surface area contributed by atoms with Crippen molar-refractivity contribution in [1.29, 1.82) is 0 Å². The molecule has 2 N–H and O–H groups in total. The minimum absolute atomic E-state index is 0.488. The summed E-state index contributed by atoms with van der Waals surface area (Å²) in [6.45, 7) is 0. The Hall–Kier alpha value is -2.04. The second-order valence-corrected chi connectivity index (χ2v) is 4.15. The molecule has 0 aromatic heterocycles. The van der Waals surface area contributed by atoms with Crippen molar-refractivity contribution < 1.29 is 14.8 Å². The van der Waals surface area contributed by atoms with Gasteiger partial charge < -0.3 is 14.8 Å². The lowest BCUT2D eigenvalue weighted by molar-refractivity contribution is 0.415. The average Bonchev–Trinajstić information content (AvgIpc) is 2.46. The molecule has 0 saturated heterocycles. The van der Waals surface area contributed by atoms with Gasteiger partial charge in [-0.25, -0.2) is 0 Å². The van der Waals surface area contributed by atoms with Gasteiger partial charge in [-0.3, -0.25) is 0 Å². The van der Waals surface area contributed by atoms with E-state index in [1.54, 1.807) is 19.2 Å². The lowest BCUT2D eigenvalue weighted by Gasteiger charge is -2.00. The third-order valence-corrected chi connectivity index (χ3v) is 2.82. The molecule has 4 heteroatoms. The van der Waals surface area contributed by atoms with Crippen molar-refractivity contribution in [3.8, 4) is 5.75 Å². The molecule has 0 heterocycles. The van der Waals surface area contributed by atoms with E-state index in [1.807, 2.05) is 48.6 Å². The van der Waals surface area contributed by atoms with E-state index < -0.39 is 7.12 Å². The van der Waals surface area contributed by atoms with E-state index in [9.17, 15) is 0 Å². The zero-order valence-corrected chi connectivity index (χ0v) is 10.7. The summed E-state index contributed by atoms with van der Waals surface area (Å²) in [5, 5.41) is 18.0. The quantitative estimate of drug-likeness (QED) is 0.642. The zero-order valence-electron chi connectivity index (χ0n) is 10.7. The Balaban J connectivity index is 2.08. The fraction of sp³-hybridized carbons (Fsp3) is 0.0667. The molecule has 0 fully saturated rings. The highest BCUT2D eigenvalue weighted by Crippen LogP contribution is 2.13. The predicted octanol–water partition coefficient (Wildman–Crippen LogP) is 1.55. The van der Waals surface area contributed by atoms with Crippen molar-refractivity contribution in [3.05, 3.63) is 59.7 Å². The second-order valence-electron chi connectivity index (χ2n) is 4.15. The number of hydrogen-bond acceptors (Lipinski definition) is 3. The average molecular weight is 254 g/mol. The Bertz CT molecular complexity index is 545. The van der Waals surface area contributed by atoms with Crippen molar-refractivity contribution in [2.75, 3.05) is 7.11 Å². The first-order valence-corrected chi connectivity index (χ1v) is 5.97. The number of benzene rings is 2. The monoisotopic (exact) mass is 254 g/mol. The van der Waals surface area contributed by atoms with Crippen molar-refractivity contribution in [3.63, 3.8) is 0 Å². The van der Waals surface area contributed by atoms with Crippen LogP contribution in [-0.4, -0.2) is 24.3 Å². The maximum Gasteiger partial charge on any atom is 0.488 e. The molecule has 96 valence electrons. The minimum Gasteiger partial charge on any atom is -0.497 e. The zero-order chi connectivity index (χ0) is 13.7. The Morgan fingerprint density at radius 2 is 1.32 bits per heavy atom. The molecule has 2 aromatic rings. The first-order valence-electron chi connectivity index (χ1n) is 5.97. The van der Waals surface area contributed by atoms with Gasteiger partial charge >= 0.3 is 7.12 Å². The maximum atomic E-state index is 9.00. The Morgan fingerprint density at radius 1 is 0.842 bits per heavy atom. The summed E-state index contributed by atoms with van der Waals surface area (Å²) < 4.78 is 5.10. The second kappa shape index (κ2) is 6.23. The Labute approximate surface area is 112 Å². The van der Waals surface area contributed by atoms with Gasteiger partial charge in [-0.05, 0) is 28.7 Å². The van der Waals surface area contributed by atoms with Crippen LogP contribution < -0.4 is 10.2 Å². The molecule has 0 bridgehead atoms. The lowest BCUT2D eigenvalue weighted by Crippen LogP contribution is -2.29. The van der Waals surface area contributed by atoms with Crippen LogP contribution >= 0.6 is 0 Å². The number of rotatable bonds is 4. The number of methoxy groups -OCH3 is 1. The van der Waals surface area contributed by atoms with Gasteiger partial charge in [-0.15, -0.1) is 0 Å². The van der Waals surface area contributed by atoms with Gasteiger partial charge in [0.05, 0.1) is 7.11 Å². The molecule has 0 aliphatic carbocycles. The van der Waals surface area contributed by atoms with E-state index in [1.165, 1.54) is 0 Å². The number of ether oxygens (including phenoxy) is 1. The Morgan fingerprint density at radius 3 is 1.74 bits per heavy atom. The van der Waals surface area contributed by atoms with E-state index >= 15 is 0 Å². The van der Waals surface area contributed by atoms with Crippen molar-refractivity contribution in [2.45, 2.75) is 0 Å². The molecule has 0 unspecified atom stereocenters. The van der Waals surface area contributed by atoms with Gasteiger partial charge in [0, 0.05) is 0 Å². The number of hydrogen-bond donors (Lipinski definition) is 2. The third-order valence-electron chi connectivity index (χ3n) is 2.82. The summed E-state index contributed by atoms with van der Waals surface area (Å²) in [6.07, 6.45) is 3.96. The fourth-order valence-electron chi connectivity index (χ4n) is 1.69. The van der Waals surface area contributed by atoms with Crippen LogP contribution in [0.4, 0.5) is 0 Å². The molecule has 0 spiro atoms. The summed E-state index contributed by atoms with van der Waals surface area (Å²) in [6, 6.07) is 14.8. The van der Waals surface area contributed by atoms with Crippen LogP contribution in [0.15, 0.2) is 48.5 Å². The van der Waals surface area contributed by atoms with Crippen LogP contribution in [0.3, 0.4) is 0 Å². The van der Waals surface area contributed by atoms with E-state index in [4.69, 9.17) is 14.8 Å². The molecule has 0 atom stereocenters. The van der Waals surface area contributed by atoms with Gasteiger partial charge in [-0.1, -0.05) is 48.6 Å². The molecule has 0 aliphatic heterocycles. The van der Waals surface area contributed by atoms with Gasteiger partial charge in [0.2, 0.25) is 0 Å². The first kappa shape index (κ1) is 13.4. The molecule has 19 heavy (non-hydrogen) atoms. The summed E-state index contributed by atoms with van der Waals surface area (Å²) in [5.74, 6) is 0.832. The van der Waals surface area contributed by atoms with Gasteiger partial charge in [0.1, 0.15) is 5.75 Å². The van der Waals surface area contributed by atoms with E-state index in [0.29, 0.717) is 5.46 Å². The Kier molecular flexibility index (Phi) is 4.39. The molecule has 3 nitrogen and oxygen atoms in total. The van der Waals surface area contributed by atoms with Gasteiger partial charge in [-0.2, -0.15) is 0 Å². The van der Waals surface area contributed by atoms with E-state index in [-0.39, 0.29) is 0 Å². The van der Waals surface area contributed by atoms with Crippen LogP contribution in [0.1, 0.15) is 11.1 Å². The van der Waals surface area contributed by atoms with Crippen molar-refractivity contribution >= 4 is 24.7 Å². The van der Waals surface area contributed by atoms with Crippen LogP contribution in [-0.2, 0) is 0 Å². The van der Waals surface area contributed by atoms with E-state index in [2.05, 4.69) is 0 Å². The fourth-order valence-corrected chi connectivity index (χ4v) is 1.69. The standard InChI is InChI=1S/C15H15BO3/c1-19-15-10-6-13(7-11-15)3-2-12-4-8-14(9-5-12)16(17)18/h2-11,17-18H,1H3. The molecular formula is C15H15BO3. The maximum absolute atomic E-state index is 9.00. The normalized spacial score (nSPS) is 10.7. The van der Waals surface area contributed by atoms with Crippen LogP contribution in [0.5, 0.6) is 5.75 Å². The third kappa shape index (κ3) is 3.71. The highest BCUT2D eigenvalue weighted by molar-refractivity contribution is 6.58. The van der Waals surface area contributed by atoms with Crippen molar-refractivity contribution in [1.82, 2.24) is 0 Å². The largest absolute Gasteiger partial charge is 0.497 e. The first-order chi connectivity index (χ1) is 9.19. The topological polar surface area (TPSA) is 49.7 Å². The minimum atomic E-state index is -1.42. The van der Waals surface area contributed by atoms with Crippen LogP contribution in [0.2, 0.25) is 0 Å². The summed E-state index contributed by atoms with van der Waals surface area (Å²) in [5.41, 5.74) is 2.56. The van der Waals surface area contributed by atoms with Gasteiger partial charge in [0.15, 0.2) is 0 Å². The molecule has 0 saturated carbocycles. The van der Waals surface area contributed by atoms with Crippen LogP contribution in [0, 0.1) is 0 Å². The van der Waals surface area contributed by atoms with Crippen LogP contribution in [0.25, 0.3) is 12.2 Å². The summed E-state index contributed by atoms with van der Waals surface area (Å²) in [4.78, 5) is 0. The molecular weight excluding hydrogens is 239 g/mol. The molecule has 0 aliphatic rings. The van der Waals surface area contributed by atoms with Crippen molar-refractivity contribution in [2.24, 2.45) is 0 Å². The SMILES string of the molecule is COc1ccc(C=Cc2ccc(B(O)O)cc2)cc1. The molecule has 2 aromatic carbocycles. The highest BCUT2D eigenvalue weighted by Gasteiger charge is 2.08. The summed E-state index contributed by atoms with van der Waals surface area (Å²) >= 11 is 0. The summed E-state index contributed by atoms with van der Waals surface area (Å²) in [7, 11) is 0.224. The molecule has 2 rings (SSSR count). The van der Waals surface area contributed by atoms with E-state index in [0.717, 1.165) is 16.9 Å². The predicted molar refractivity (Wildman–Crippen MR) is 78.2 cm³/mol. The molecule has 0 radical (unpaired) electrons. The smallest absolute Gasteiger partial charge is 0.488 e.